The number of hydrogen-bond acceptors (Lipinski definition) is 2. The molecule has 2 nitrogen and oxygen atoms in total. The molecule has 5 heteroatoms. The van der Waals surface area contributed by atoms with E-state index < -0.39 is 23.5 Å². The number of aryl methyl sites for hydroxylation is 1. The van der Waals surface area contributed by atoms with Crippen molar-refractivity contribution in [1.29, 1.82) is 0 Å². The van der Waals surface area contributed by atoms with Crippen molar-refractivity contribution < 1.29 is 18.0 Å². The first-order valence-electron chi connectivity index (χ1n) is 11.2. The lowest BCUT2D eigenvalue weighted by Crippen LogP contribution is -2.31. The van der Waals surface area contributed by atoms with E-state index in [0.717, 1.165) is 30.1 Å². The summed E-state index contributed by atoms with van der Waals surface area (Å²) in [6, 6.07) is 13.3. The van der Waals surface area contributed by atoms with Gasteiger partial charge in [0.1, 0.15) is 11.6 Å². The fourth-order valence-corrected chi connectivity index (χ4v) is 5.25. The van der Waals surface area contributed by atoms with Crippen LogP contribution in [0.1, 0.15) is 36.0 Å². The van der Waals surface area contributed by atoms with Crippen LogP contribution in [0.25, 0.3) is 16.3 Å². The van der Waals surface area contributed by atoms with E-state index >= 15 is 0 Å². The Hall–Kier alpha value is -3.18. The Morgan fingerprint density at radius 2 is 1.79 bits per heavy atom. The first-order chi connectivity index (χ1) is 15.9. The van der Waals surface area contributed by atoms with Crippen LogP contribution in [0.5, 0.6) is 0 Å². The summed E-state index contributed by atoms with van der Waals surface area (Å²) in [5.74, 6) is -3.46. The molecule has 2 unspecified atom stereocenters. The molecule has 168 valence electrons. The smallest absolute Gasteiger partial charge is 0.161 e. The zero-order chi connectivity index (χ0) is 23.1. The van der Waals surface area contributed by atoms with Gasteiger partial charge in [-0.1, -0.05) is 54.1 Å². The van der Waals surface area contributed by atoms with E-state index in [1.807, 2.05) is 18.2 Å². The molecule has 2 N–H and O–H groups in total. The molecule has 2 aliphatic carbocycles. The molecule has 0 radical (unpaired) electrons. The Kier molecular flexibility index (Phi) is 5.67. The molecule has 0 spiro atoms. The number of benzene rings is 3. The normalized spacial score (nSPS) is 18.2. The Bertz CT molecular complexity index is 1320. The largest absolute Gasteiger partial charge is 0.327 e. The fourth-order valence-electron chi connectivity index (χ4n) is 5.25. The van der Waals surface area contributed by atoms with Gasteiger partial charge in [-0.2, -0.15) is 0 Å². The SMILES string of the molecule is NC(CC(=O)C1CC=CC2=C1CCc1c2ccc2ccccc12)Cc1cc(F)c(F)cc1F. The quantitative estimate of drug-likeness (QED) is 0.483. The maximum Gasteiger partial charge on any atom is 0.161 e. The van der Waals surface area contributed by atoms with Crippen LogP contribution in [0, 0.1) is 23.4 Å². The van der Waals surface area contributed by atoms with E-state index in [2.05, 4.69) is 30.3 Å². The highest BCUT2D eigenvalue weighted by atomic mass is 19.2. The Balaban J connectivity index is 1.38. The summed E-state index contributed by atoms with van der Waals surface area (Å²) in [6.45, 7) is 0. The van der Waals surface area contributed by atoms with Crippen LogP contribution in [0.4, 0.5) is 13.2 Å². The van der Waals surface area contributed by atoms with Crippen LogP contribution in [0.3, 0.4) is 0 Å². The number of fused-ring (bicyclic) bond motifs is 4. The van der Waals surface area contributed by atoms with Crippen molar-refractivity contribution in [2.45, 2.75) is 38.1 Å². The zero-order valence-electron chi connectivity index (χ0n) is 18.1. The number of carbonyl (C=O) groups excluding carboxylic acids is 1. The van der Waals surface area contributed by atoms with Gasteiger partial charge in [-0.05, 0) is 64.8 Å². The van der Waals surface area contributed by atoms with E-state index in [-0.39, 0.29) is 30.1 Å². The minimum atomic E-state index is -1.24. The molecule has 0 aromatic heterocycles. The fraction of sp³-hybridized carbons (Fsp3) is 0.250. The third-order valence-electron chi connectivity index (χ3n) is 6.82. The second kappa shape index (κ2) is 8.64. The molecule has 3 aromatic carbocycles. The van der Waals surface area contributed by atoms with Crippen molar-refractivity contribution in [3.05, 3.63) is 100 Å². The van der Waals surface area contributed by atoms with Crippen LogP contribution in [0.15, 0.2) is 66.3 Å². The average Bonchev–Trinajstić information content (AvgIpc) is 2.81. The summed E-state index contributed by atoms with van der Waals surface area (Å²) < 4.78 is 40.7. The van der Waals surface area contributed by atoms with Gasteiger partial charge in [-0.15, -0.1) is 0 Å². The molecule has 2 atom stereocenters. The Labute approximate surface area is 190 Å². The molecule has 0 fully saturated rings. The Morgan fingerprint density at radius 1 is 1.00 bits per heavy atom. The maximum absolute atomic E-state index is 14.0. The highest BCUT2D eigenvalue weighted by molar-refractivity contribution is 5.96. The highest BCUT2D eigenvalue weighted by Gasteiger charge is 2.31. The van der Waals surface area contributed by atoms with Gasteiger partial charge in [-0.25, -0.2) is 13.2 Å². The van der Waals surface area contributed by atoms with Gasteiger partial charge in [-0.3, -0.25) is 4.79 Å². The molecular formula is C28H24F3NO. The number of Topliss-reactive ketones (excluding diaryl/α,β-unsaturated/α-hetero) is 1. The van der Waals surface area contributed by atoms with Gasteiger partial charge in [0, 0.05) is 24.4 Å². The molecule has 0 bridgehead atoms. The van der Waals surface area contributed by atoms with Crippen molar-refractivity contribution in [3.8, 4) is 0 Å². The zero-order valence-corrected chi connectivity index (χ0v) is 18.1. The molecule has 0 saturated carbocycles. The lowest BCUT2D eigenvalue weighted by molar-refractivity contribution is -0.122. The summed E-state index contributed by atoms with van der Waals surface area (Å²) in [5, 5.41) is 2.46. The summed E-state index contributed by atoms with van der Waals surface area (Å²) in [7, 11) is 0. The van der Waals surface area contributed by atoms with Gasteiger partial charge >= 0.3 is 0 Å². The molecule has 2 aliphatic rings. The number of rotatable bonds is 5. The third-order valence-corrected chi connectivity index (χ3v) is 6.82. The van der Waals surface area contributed by atoms with Gasteiger partial charge in [0.25, 0.3) is 0 Å². The molecular weight excluding hydrogens is 423 g/mol. The van der Waals surface area contributed by atoms with Crippen molar-refractivity contribution in [2.75, 3.05) is 0 Å². The second-order valence-corrected chi connectivity index (χ2v) is 8.93. The molecule has 33 heavy (non-hydrogen) atoms. The highest BCUT2D eigenvalue weighted by Crippen LogP contribution is 2.42. The Morgan fingerprint density at radius 3 is 2.64 bits per heavy atom. The van der Waals surface area contributed by atoms with Crippen LogP contribution < -0.4 is 5.73 Å². The van der Waals surface area contributed by atoms with Crippen molar-refractivity contribution in [3.63, 3.8) is 0 Å². The summed E-state index contributed by atoms with van der Waals surface area (Å²) in [4.78, 5) is 13.2. The molecule has 3 aromatic rings. The molecule has 0 aliphatic heterocycles. The summed E-state index contributed by atoms with van der Waals surface area (Å²) >= 11 is 0. The third kappa shape index (κ3) is 4.02. The van der Waals surface area contributed by atoms with Crippen molar-refractivity contribution in [2.24, 2.45) is 11.7 Å². The first-order valence-corrected chi connectivity index (χ1v) is 11.2. The van der Waals surface area contributed by atoms with Gasteiger partial charge < -0.3 is 5.73 Å². The number of hydrogen-bond donors (Lipinski definition) is 1. The van der Waals surface area contributed by atoms with E-state index in [9.17, 15) is 18.0 Å². The average molecular weight is 448 g/mol. The van der Waals surface area contributed by atoms with Crippen LogP contribution >= 0.6 is 0 Å². The van der Waals surface area contributed by atoms with Gasteiger partial charge in [0.15, 0.2) is 11.6 Å². The molecule has 0 amide bonds. The number of halogens is 3. The van der Waals surface area contributed by atoms with Gasteiger partial charge in [0.05, 0.1) is 0 Å². The molecule has 0 heterocycles. The van der Waals surface area contributed by atoms with Crippen LogP contribution in [0.2, 0.25) is 0 Å². The van der Waals surface area contributed by atoms with E-state index in [1.54, 1.807) is 0 Å². The predicted octanol–water partition coefficient (Wildman–Crippen LogP) is 6.06. The van der Waals surface area contributed by atoms with Crippen LogP contribution in [-0.2, 0) is 17.6 Å². The number of nitrogens with two attached hydrogens (primary N) is 1. The van der Waals surface area contributed by atoms with E-state index in [4.69, 9.17) is 5.73 Å². The summed E-state index contributed by atoms with van der Waals surface area (Å²) in [6.07, 6.45) is 6.47. The molecule has 5 rings (SSSR count). The maximum atomic E-state index is 14.0. The van der Waals surface area contributed by atoms with Crippen LogP contribution in [-0.4, -0.2) is 11.8 Å². The van der Waals surface area contributed by atoms with E-state index in [1.165, 1.54) is 21.9 Å². The lowest BCUT2D eigenvalue weighted by atomic mass is 9.73. The second-order valence-electron chi connectivity index (χ2n) is 8.93. The first kappa shape index (κ1) is 21.7. The molecule has 0 saturated heterocycles. The monoisotopic (exact) mass is 447 g/mol. The minimum Gasteiger partial charge on any atom is -0.327 e. The van der Waals surface area contributed by atoms with Crippen molar-refractivity contribution >= 4 is 22.1 Å². The summed E-state index contributed by atoms with van der Waals surface area (Å²) in [5.41, 5.74) is 10.9. The predicted molar refractivity (Wildman–Crippen MR) is 124 cm³/mol. The van der Waals surface area contributed by atoms with Gasteiger partial charge in [0.2, 0.25) is 0 Å². The number of allylic oxidation sites excluding steroid dienone is 4. The standard InChI is InChI=1S/C28H24F3NO/c29-25-15-27(31)26(30)13-17(25)12-18(32)14-28(33)24-7-3-6-20-22-9-8-16-4-1-2-5-19(16)21(22)10-11-23(20)24/h1-6,8-9,13,15,18,24H,7,10-12,14,32H2. The van der Waals surface area contributed by atoms with E-state index in [0.29, 0.717) is 12.5 Å². The topological polar surface area (TPSA) is 43.1 Å². The number of ketones is 1. The van der Waals surface area contributed by atoms with Crippen molar-refractivity contribution in [1.82, 2.24) is 0 Å². The lowest BCUT2D eigenvalue weighted by Gasteiger charge is -2.31. The minimum absolute atomic E-state index is 0.00609. The number of carbonyl (C=O) groups is 1.